The summed E-state index contributed by atoms with van der Waals surface area (Å²) in [6, 6.07) is 6.21. The molecule has 1 N–H and O–H groups in total. The van der Waals surface area contributed by atoms with Gasteiger partial charge in [-0.1, -0.05) is 34.7 Å². The van der Waals surface area contributed by atoms with Gasteiger partial charge in [0.25, 0.3) is 0 Å². The van der Waals surface area contributed by atoms with Crippen LogP contribution in [0.4, 0.5) is 18.3 Å². The average Bonchev–Trinajstić information content (AvgIpc) is 3.21. The summed E-state index contributed by atoms with van der Waals surface area (Å²) < 4.78 is 42.0. The molecule has 0 aliphatic heterocycles. The number of benzene rings is 2. The van der Waals surface area contributed by atoms with E-state index in [1.165, 1.54) is 23.1 Å². The topological polar surface area (TPSA) is 54.9 Å². The van der Waals surface area contributed by atoms with E-state index in [0.29, 0.717) is 9.36 Å². The van der Waals surface area contributed by atoms with Crippen LogP contribution in [0, 0.1) is 17.5 Å². The van der Waals surface area contributed by atoms with E-state index in [0.717, 1.165) is 27.6 Å². The zero-order valence-electron chi connectivity index (χ0n) is 13.1. The minimum atomic E-state index is -1.59. The number of nitrogens with zero attached hydrogens (tertiary/aromatic N) is 2. The predicted molar refractivity (Wildman–Crippen MR) is 103 cm³/mol. The molecule has 0 spiro atoms. The van der Waals surface area contributed by atoms with Crippen LogP contribution >= 0.6 is 46.0 Å². The lowest BCUT2D eigenvalue weighted by Gasteiger charge is -1.99. The summed E-state index contributed by atoms with van der Waals surface area (Å²) in [4.78, 5) is 20.3. The highest BCUT2D eigenvalue weighted by atomic mass is 35.5. The van der Waals surface area contributed by atoms with Crippen LogP contribution in [0.2, 0.25) is 5.02 Å². The Morgan fingerprint density at radius 1 is 1.11 bits per heavy atom. The third-order valence-electron chi connectivity index (χ3n) is 3.42. The fourth-order valence-electron chi connectivity index (χ4n) is 2.25. The summed E-state index contributed by atoms with van der Waals surface area (Å²) in [6.07, 6.45) is 0. The number of thioether (sulfide) groups is 1. The van der Waals surface area contributed by atoms with Gasteiger partial charge in [0.2, 0.25) is 5.91 Å². The fraction of sp³-hybridized carbons (Fsp3) is 0.0625. The van der Waals surface area contributed by atoms with Crippen LogP contribution in [0.5, 0.6) is 0 Å². The second-order valence-electron chi connectivity index (χ2n) is 5.28. The normalized spacial score (nSPS) is 11.4. The van der Waals surface area contributed by atoms with Crippen molar-refractivity contribution in [2.24, 2.45) is 0 Å². The molecule has 0 aliphatic carbocycles. The smallest absolute Gasteiger partial charge is 0.236 e. The first-order valence-corrected chi connectivity index (χ1v) is 10.3. The molecule has 0 radical (unpaired) electrons. The predicted octanol–water partition coefficient (Wildman–Crippen LogP) is 5.71. The summed E-state index contributed by atoms with van der Waals surface area (Å²) in [5.74, 6) is -4.60. The van der Waals surface area contributed by atoms with Gasteiger partial charge < -0.3 is 5.32 Å². The van der Waals surface area contributed by atoms with Crippen molar-refractivity contribution in [2.45, 2.75) is 4.34 Å². The molecule has 27 heavy (non-hydrogen) atoms. The van der Waals surface area contributed by atoms with Gasteiger partial charge in [0.15, 0.2) is 26.9 Å². The second-order valence-corrected chi connectivity index (χ2v) is 9.00. The molecule has 4 rings (SSSR count). The number of hydrogen-bond acceptors (Lipinski definition) is 6. The summed E-state index contributed by atoms with van der Waals surface area (Å²) in [5.41, 5.74) is 0.436. The van der Waals surface area contributed by atoms with E-state index >= 15 is 0 Å². The molecule has 4 aromatic rings. The van der Waals surface area contributed by atoms with Crippen molar-refractivity contribution < 1.29 is 18.0 Å². The minimum Gasteiger partial charge on any atom is -0.301 e. The van der Waals surface area contributed by atoms with Gasteiger partial charge in [-0.05, 0) is 24.3 Å². The van der Waals surface area contributed by atoms with Crippen molar-refractivity contribution in [3.8, 4) is 0 Å². The van der Waals surface area contributed by atoms with Crippen LogP contribution < -0.4 is 5.32 Å². The molecule has 2 heterocycles. The summed E-state index contributed by atoms with van der Waals surface area (Å²) in [6.45, 7) is 0. The molecule has 2 aromatic carbocycles. The Morgan fingerprint density at radius 2 is 1.93 bits per heavy atom. The third-order valence-corrected chi connectivity index (χ3v) is 6.76. The summed E-state index contributed by atoms with van der Waals surface area (Å²) in [5, 5.41) is 3.15. The maximum absolute atomic E-state index is 13.7. The standard InChI is InChI=1S/C16H7ClF3N3OS3/c17-6-1-2-9-8(3-6)21-16(27-9)25-5-11(24)22-15-23-14-10(26-15)4-7(18)12(19)13(14)20/h1-4H,5H2,(H,22,23,24). The van der Waals surface area contributed by atoms with Crippen LogP contribution in [0.1, 0.15) is 0 Å². The van der Waals surface area contributed by atoms with Crippen molar-refractivity contribution in [3.05, 3.63) is 46.7 Å². The molecular formula is C16H7ClF3N3OS3. The van der Waals surface area contributed by atoms with E-state index in [9.17, 15) is 18.0 Å². The highest BCUT2D eigenvalue weighted by Gasteiger charge is 2.18. The molecular weight excluding hydrogens is 439 g/mol. The van der Waals surface area contributed by atoms with E-state index in [4.69, 9.17) is 11.6 Å². The Hall–Kier alpha value is -1.88. The Kier molecular flexibility index (Phi) is 4.97. The fourth-order valence-corrected chi connectivity index (χ4v) is 5.17. The van der Waals surface area contributed by atoms with Crippen LogP contribution in [-0.2, 0) is 4.79 Å². The van der Waals surface area contributed by atoms with Gasteiger partial charge in [0, 0.05) is 5.02 Å². The lowest BCUT2D eigenvalue weighted by atomic mass is 10.3. The number of anilines is 1. The SMILES string of the molecule is O=C(CSc1nc2cc(Cl)ccc2s1)Nc1nc2c(F)c(F)c(F)cc2s1. The summed E-state index contributed by atoms with van der Waals surface area (Å²) in [7, 11) is 0. The molecule has 4 nitrogen and oxygen atoms in total. The number of aromatic nitrogens is 2. The lowest BCUT2D eigenvalue weighted by molar-refractivity contribution is -0.113. The van der Waals surface area contributed by atoms with E-state index in [1.807, 2.05) is 6.07 Å². The van der Waals surface area contributed by atoms with E-state index in [2.05, 4.69) is 15.3 Å². The molecule has 1 amide bonds. The monoisotopic (exact) mass is 445 g/mol. The van der Waals surface area contributed by atoms with E-state index in [1.54, 1.807) is 12.1 Å². The Balaban J connectivity index is 1.45. The first-order valence-electron chi connectivity index (χ1n) is 7.33. The molecule has 0 aliphatic rings. The largest absolute Gasteiger partial charge is 0.301 e. The molecule has 0 unspecified atom stereocenters. The van der Waals surface area contributed by atoms with E-state index < -0.39 is 23.4 Å². The van der Waals surface area contributed by atoms with Crippen LogP contribution in [0.15, 0.2) is 28.6 Å². The van der Waals surface area contributed by atoms with Crippen molar-refractivity contribution in [1.29, 1.82) is 0 Å². The Bertz CT molecular complexity index is 1190. The lowest BCUT2D eigenvalue weighted by Crippen LogP contribution is -2.13. The number of nitrogens with one attached hydrogen (secondary N) is 1. The van der Waals surface area contributed by atoms with Crippen LogP contribution in [0.3, 0.4) is 0 Å². The molecule has 0 bridgehead atoms. The molecule has 2 aromatic heterocycles. The zero-order valence-corrected chi connectivity index (χ0v) is 16.3. The van der Waals surface area contributed by atoms with E-state index in [-0.39, 0.29) is 21.1 Å². The molecule has 0 saturated carbocycles. The number of carbonyl (C=O) groups excluding carboxylic acids is 1. The molecule has 0 fully saturated rings. The van der Waals surface area contributed by atoms with Gasteiger partial charge in [-0.3, -0.25) is 4.79 Å². The Morgan fingerprint density at radius 3 is 2.74 bits per heavy atom. The Labute approximate surface area is 167 Å². The first-order chi connectivity index (χ1) is 12.9. The van der Waals surface area contributed by atoms with Crippen molar-refractivity contribution in [3.63, 3.8) is 0 Å². The molecule has 0 saturated heterocycles. The highest BCUT2D eigenvalue weighted by molar-refractivity contribution is 8.01. The quantitative estimate of drug-likeness (QED) is 0.323. The molecule has 11 heteroatoms. The van der Waals surface area contributed by atoms with Gasteiger partial charge in [-0.2, -0.15) is 0 Å². The number of rotatable bonds is 4. The number of carbonyl (C=O) groups is 1. The number of hydrogen-bond donors (Lipinski definition) is 1. The molecule has 138 valence electrons. The average molecular weight is 446 g/mol. The first kappa shape index (κ1) is 18.5. The zero-order chi connectivity index (χ0) is 19.1. The van der Waals surface area contributed by atoms with Gasteiger partial charge in [-0.25, -0.2) is 23.1 Å². The third kappa shape index (κ3) is 3.75. The van der Waals surface area contributed by atoms with Crippen molar-refractivity contribution in [2.75, 3.05) is 11.1 Å². The maximum Gasteiger partial charge on any atom is 0.236 e. The van der Waals surface area contributed by atoms with Gasteiger partial charge >= 0.3 is 0 Å². The van der Waals surface area contributed by atoms with Gasteiger partial charge in [-0.15, -0.1) is 11.3 Å². The van der Waals surface area contributed by atoms with Crippen LogP contribution in [-0.4, -0.2) is 21.6 Å². The maximum atomic E-state index is 13.7. The number of thiazole rings is 2. The second kappa shape index (κ2) is 7.27. The van der Waals surface area contributed by atoms with Gasteiger partial charge in [0.1, 0.15) is 5.52 Å². The summed E-state index contributed by atoms with van der Waals surface area (Å²) >= 11 is 9.45. The number of fused-ring (bicyclic) bond motifs is 2. The minimum absolute atomic E-state index is 0.0503. The highest BCUT2D eigenvalue weighted by Crippen LogP contribution is 2.32. The molecule has 0 atom stereocenters. The van der Waals surface area contributed by atoms with Gasteiger partial charge in [0.05, 0.1) is 20.7 Å². The van der Waals surface area contributed by atoms with Crippen molar-refractivity contribution >= 4 is 77.5 Å². The van der Waals surface area contributed by atoms with Crippen molar-refractivity contribution in [1.82, 2.24) is 9.97 Å². The number of halogens is 4. The van der Waals surface area contributed by atoms with Crippen LogP contribution in [0.25, 0.3) is 20.4 Å². The number of amides is 1.